The predicted octanol–water partition coefficient (Wildman–Crippen LogP) is 2.16. The van der Waals surface area contributed by atoms with Crippen molar-refractivity contribution in [1.29, 1.82) is 0 Å². The van der Waals surface area contributed by atoms with E-state index in [1.807, 2.05) is 0 Å². The fraction of sp³-hybridized carbons (Fsp3) is 0. The van der Waals surface area contributed by atoms with E-state index in [0.29, 0.717) is 0 Å². The summed E-state index contributed by atoms with van der Waals surface area (Å²) in [5, 5.41) is 10.4. The number of sulfone groups is 1. The number of nitro groups is 1. The van der Waals surface area contributed by atoms with E-state index in [1.165, 1.54) is 0 Å². The van der Waals surface area contributed by atoms with Crippen LogP contribution >= 0.6 is 0 Å². The first kappa shape index (κ1) is 12.2. The number of hydrogen-bond acceptors (Lipinski definition) is 5. The van der Waals surface area contributed by atoms with Crippen molar-refractivity contribution < 1.29 is 22.1 Å². The van der Waals surface area contributed by atoms with Crippen LogP contribution in [-0.2, 0) is 9.84 Å². The Morgan fingerprint density at radius 3 is 2.22 bits per heavy atom. The molecule has 94 valence electrons. The van der Waals surface area contributed by atoms with Gasteiger partial charge in [0.1, 0.15) is 4.90 Å². The van der Waals surface area contributed by atoms with Gasteiger partial charge >= 0.3 is 0 Å². The molecule has 0 aliphatic rings. The standard InChI is InChI=1S/C10H6FNO5S/c11-10-9(5-6-17-10)18(15,16)8-3-1-7(2-4-8)12(13)14/h1-6H. The van der Waals surface area contributed by atoms with Gasteiger partial charge in [-0.25, -0.2) is 8.42 Å². The molecule has 0 aliphatic carbocycles. The van der Waals surface area contributed by atoms with E-state index in [0.717, 1.165) is 36.6 Å². The fourth-order valence-electron chi connectivity index (χ4n) is 1.35. The van der Waals surface area contributed by atoms with E-state index >= 15 is 0 Å². The first-order chi connectivity index (χ1) is 8.43. The van der Waals surface area contributed by atoms with Crippen molar-refractivity contribution in [3.8, 4) is 0 Å². The third-order valence-corrected chi connectivity index (χ3v) is 4.00. The molecule has 0 atom stereocenters. The van der Waals surface area contributed by atoms with Crippen molar-refractivity contribution in [3.05, 3.63) is 52.7 Å². The average Bonchev–Trinajstić information content (AvgIpc) is 2.76. The number of benzene rings is 1. The molecule has 6 nitrogen and oxygen atoms in total. The maximum absolute atomic E-state index is 13.1. The SMILES string of the molecule is O=[N+]([O-])c1ccc(S(=O)(=O)c2ccoc2F)cc1. The number of nitro benzene ring substituents is 1. The Labute approximate surface area is 101 Å². The molecule has 2 aromatic rings. The predicted molar refractivity (Wildman–Crippen MR) is 57.2 cm³/mol. The zero-order chi connectivity index (χ0) is 13.3. The van der Waals surface area contributed by atoms with Crippen LogP contribution in [0.1, 0.15) is 0 Å². The van der Waals surface area contributed by atoms with Gasteiger partial charge in [-0.3, -0.25) is 10.1 Å². The van der Waals surface area contributed by atoms with Gasteiger partial charge in [0.15, 0.2) is 0 Å². The Bertz CT molecular complexity index is 689. The third-order valence-electron chi connectivity index (χ3n) is 2.23. The Morgan fingerprint density at radius 1 is 1.17 bits per heavy atom. The van der Waals surface area contributed by atoms with Crippen LogP contribution in [0.15, 0.2) is 50.8 Å². The Hall–Kier alpha value is -2.22. The fourth-order valence-corrected chi connectivity index (χ4v) is 2.59. The van der Waals surface area contributed by atoms with Crippen LogP contribution in [0, 0.1) is 16.1 Å². The van der Waals surface area contributed by atoms with Gasteiger partial charge in [0.25, 0.3) is 11.7 Å². The summed E-state index contributed by atoms with van der Waals surface area (Å²) in [4.78, 5) is 8.93. The maximum Gasteiger partial charge on any atom is 0.297 e. The van der Waals surface area contributed by atoms with E-state index < -0.39 is 25.7 Å². The molecule has 8 heteroatoms. The minimum Gasteiger partial charge on any atom is -0.439 e. The molecule has 1 aromatic carbocycles. The maximum atomic E-state index is 13.1. The highest BCUT2D eigenvalue weighted by molar-refractivity contribution is 7.91. The molecule has 0 bridgehead atoms. The van der Waals surface area contributed by atoms with Gasteiger partial charge < -0.3 is 4.42 Å². The molecule has 0 unspecified atom stereocenters. The second-order valence-electron chi connectivity index (χ2n) is 3.31. The van der Waals surface area contributed by atoms with Gasteiger partial charge in [0.2, 0.25) is 9.84 Å². The van der Waals surface area contributed by atoms with Crippen LogP contribution in [0.25, 0.3) is 0 Å². The van der Waals surface area contributed by atoms with Crippen LogP contribution < -0.4 is 0 Å². The molecule has 0 saturated heterocycles. The molecular formula is C10H6FNO5S. The summed E-state index contributed by atoms with van der Waals surface area (Å²) < 4.78 is 41.2. The quantitative estimate of drug-likeness (QED) is 0.630. The Kier molecular flexibility index (Phi) is 2.87. The van der Waals surface area contributed by atoms with Gasteiger partial charge in [-0.1, -0.05) is 0 Å². The number of nitrogens with zero attached hydrogens (tertiary/aromatic N) is 1. The molecule has 2 rings (SSSR count). The van der Waals surface area contributed by atoms with Crippen molar-refractivity contribution in [2.75, 3.05) is 0 Å². The van der Waals surface area contributed by atoms with Crippen LogP contribution in [0.3, 0.4) is 0 Å². The van der Waals surface area contributed by atoms with Crippen molar-refractivity contribution in [2.45, 2.75) is 9.79 Å². The van der Waals surface area contributed by atoms with E-state index in [9.17, 15) is 22.9 Å². The largest absolute Gasteiger partial charge is 0.439 e. The highest BCUT2D eigenvalue weighted by Crippen LogP contribution is 2.25. The second kappa shape index (κ2) is 4.22. The summed E-state index contributed by atoms with van der Waals surface area (Å²) in [7, 11) is -4.06. The lowest BCUT2D eigenvalue weighted by molar-refractivity contribution is -0.384. The minimum atomic E-state index is -4.06. The summed E-state index contributed by atoms with van der Waals surface area (Å²) in [5.41, 5.74) is -0.249. The summed E-state index contributed by atoms with van der Waals surface area (Å²) in [6.07, 6.45) is 0.910. The number of non-ortho nitro benzene ring substituents is 1. The Morgan fingerprint density at radius 2 is 1.78 bits per heavy atom. The number of halogens is 1. The lowest BCUT2D eigenvalue weighted by Crippen LogP contribution is -2.02. The summed E-state index contributed by atoms with van der Waals surface area (Å²) in [5.74, 6) is 0. The van der Waals surface area contributed by atoms with Crippen molar-refractivity contribution >= 4 is 15.5 Å². The molecular weight excluding hydrogens is 265 g/mol. The Balaban J connectivity index is 2.49. The van der Waals surface area contributed by atoms with Crippen LogP contribution in [0.2, 0.25) is 0 Å². The van der Waals surface area contributed by atoms with E-state index in [4.69, 9.17) is 0 Å². The van der Waals surface area contributed by atoms with Crippen molar-refractivity contribution in [3.63, 3.8) is 0 Å². The normalized spacial score (nSPS) is 11.4. The highest BCUT2D eigenvalue weighted by atomic mass is 32.2. The lowest BCUT2D eigenvalue weighted by Gasteiger charge is -2.01. The monoisotopic (exact) mass is 271 g/mol. The number of furan rings is 1. The van der Waals surface area contributed by atoms with E-state index in [2.05, 4.69) is 4.42 Å². The molecule has 0 spiro atoms. The molecule has 0 amide bonds. The molecule has 1 heterocycles. The lowest BCUT2D eigenvalue weighted by atomic mass is 10.3. The van der Waals surface area contributed by atoms with Gasteiger partial charge in [-0.15, -0.1) is 0 Å². The second-order valence-corrected chi connectivity index (χ2v) is 5.23. The molecule has 0 fully saturated rings. The van der Waals surface area contributed by atoms with Gasteiger partial charge in [0, 0.05) is 12.1 Å². The van der Waals surface area contributed by atoms with Crippen molar-refractivity contribution in [2.24, 2.45) is 0 Å². The van der Waals surface area contributed by atoms with Gasteiger partial charge in [0.05, 0.1) is 16.1 Å². The van der Waals surface area contributed by atoms with E-state index in [-0.39, 0.29) is 10.6 Å². The summed E-state index contributed by atoms with van der Waals surface area (Å²) in [6, 6.07) is 3.91. The van der Waals surface area contributed by atoms with E-state index in [1.54, 1.807) is 0 Å². The molecule has 0 N–H and O–H groups in total. The van der Waals surface area contributed by atoms with Crippen LogP contribution in [-0.4, -0.2) is 13.3 Å². The van der Waals surface area contributed by atoms with Crippen molar-refractivity contribution in [1.82, 2.24) is 0 Å². The molecule has 0 radical (unpaired) electrons. The third kappa shape index (κ3) is 1.97. The first-order valence-corrected chi connectivity index (χ1v) is 6.14. The molecule has 0 aliphatic heterocycles. The molecule has 18 heavy (non-hydrogen) atoms. The smallest absolute Gasteiger partial charge is 0.297 e. The van der Waals surface area contributed by atoms with Gasteiger partial charge in [-0.05, 0) is 18.2 Å². The highest BCUT2D eigenvalue weighted by Gasteiger charge is 2.24. The molecule has 1 aromatic heterocycles. The topological polar surface area (TPSA) is 90.4 Å². The average molecular weight is 271 g/mol. The van der Waals surface area contributed by atoms with Crippen LogP contribution in [0.5, 0.6) is 0 Å². The number of hydrogen-bond donors (Lipinski definition) is 0. The van der Waals surface area contributed by atoms with Crippen LogP contribution in [0.4, 0.5) is 10.1 Å². The van der Waals surface area contributed by atoms with Gasteiger partial charge in [-0.2, -0.15) is 4.39 Å². The summed E-state index contributed by atoms with van der Waals surface area (Å²) in [6.45, 7) is 0. The zero-order valence-electron chi connectivity index (χ0n) is 8.74. The zero-order valence-corrected chi connectivity index (χ0v) is 9.56. The number of rotatable bonds is 3. The minimum absolute atomic E-state index is 0.242. The summed E-state index contributed by atoms with van der Waals surface area (Å²) >= 11 is 0. The molecule has 0 saturated carbocycles. The first-order valence-electron chi connectivity index (χ1n) is 4.65.